The fraction of sp³-hybridized carbons (Fsp3) is 0.500. The third-order valence-electron chi connectivity index (χ3n) is 2.30. The summed E-state index contributed by atoms with van der Waals surface area (Å²) >= 11 is 0. The molecule has 1 aromatic carbocycles. The molecule has 0 heterocycles. The molecule has 0 aromatic heterocycles. The van der Waals surface area contributed by atoms with Gasteiger partial charge in [0.1, 0.15) is 5.67 Å². The fourth-order valence-corrected chi connectivity index (χ4v) is 1.61. The second-order valence-corrected chi connectivity index (χ2v) is 5.72. The van der Waals surface area contributed by atoms with Crippen LogP contribution in [0.15, 0.2) is 24.3 Å². The summed E-state index contributed by atoms with van der Waals surface area (Å²) < 4.78 is 14.0. The largest absolute Gasteiger partial charge is 0.347 e. The van der Waals surface area contributed by atoms with Crippen LogP contribution in [-0.2, 0) is 5.67 Å². The SMILES string of the molecule is CC(C)(C)NC(=O)c1ccccc1C(C)(C)F. The Morgan fingerprint density at radius 2 is 1.65 bits per heavy atom. The lowest BCUT2D eigenvalue weighted by atomic mass is 9.93. The van der Waals surface area contributed by atoms with E-state index in [1.807, 2.05) is 20.8 Å². The van der Waals surface area contributed by atoms with Crippen LogP contribution in [0.25, 0.3) is 0 Å². The molecule has 0 spiro atoms. The number of hydrogen-bond acceptors (Lipinski definition) is 1. The molecule has 1 rings (SSSR count). The molecule has 0 fully saturated rings. The summed E-state index contributed by atoms with van der Waals surface area (Å²) in [6, 6.07) is 6.78. The number of carbonyl (C=O) groups excluding carboxylic acids is 1. The van der Waals surface area contributed by atoms with Gasteiger partial charge in [-0.15, -0.1) is 0 Å². The van der Waals surface area contributed by atoms with Crippen molar-refractivity contribution in [2.24, 2.45) is 0 Å². The minimum atomic E-state index is -1.52. The molecule has 0 aliphatic rings. The number of halogens is 1. The monoisotopic (exact) mass is 237 g/mol. The number of benzene rings is 1. The van der Waals surface area contributed by atoms with E-state index in [-0.39, 0.29) is 11.4 Å². The number of amides is 1. The summed E-state index contributed by atoms with van der Waals surface area (Å²) in [5.41, 5.74) is -1.03. The van der Waals surface area contributed by atoms with Crippen molar-refractivity contribution in [2.75, 3.05) is 0 Å². The van der Waals surface area contributed by atoms with Crippen LogP contribution < -0.4 is 5.32 Å². The van der Waals surface area contributed by atoms with Crippen molar-refractivity contribution in [3.8, 4) is 0 Å². The van der Waals surface area contributed by atoms with E-state index in [2.05, 4.69) is 5.32 Å². The molecule has 1 aromatic rings. The first kappa shape index (κ1) is 13.7. The number of nitrogens with one attached hydrogen (secondary N) is 1. The van der Waals surface area contributed by atoms with E-state index in [0.717, 1.165) is 0 Å². The molecule has 0 bridgehead atoms. The molecule has 94 valence electrons. The lowest BCUT2D eigenvalue weighted by Gasteiger charge is -2.23. The molecule has 17 heavy (non-hydrogen) atoms. The number of alkyl halides is 1. The van der Waals surface area contributed by atoms with E-state index >= 15 is 0 Å². The van der Waals surface area contributed by atoms with Gasteiger partial charge in [0, 0.05) is 16.7 Å². The number of carbonyl (C=O) groups is 1. The number of hydrogen-bond donors (Lipinski definition) is 1. The zero-order valence-corrected chi connectivity index (χ0v) is 11.1. The minimum Gasteiger partial charge on any atom is -0.347 e. The summed E-state index contributed by atoms with van der Waals surface area (Å²) in [6.45, 7) is 8.60. The Morgan fingerprint density at radius 3 is 2.12 bits per heavy atom. The second-order valence-electron chi connectivity index (χ2n) is 5.72. The minimum absolute atomic E-state index is 0.237. The molecule has 0 radical (unpaired) electrons. The van der Waals surface area contributed by atoms with Crippen molar-refractivity contribution in [3.05, 3.63) is 35.4 Å². The Balaban J connectivity index is 3.11. The maximum absolute atomic E-state index is 14.0. The van der Waals surface area contributed by atoms with Crippen LogP contribution in [0.5, 0.6) is 0 Å². The fourth-order valence-electron chi connectivity index (χ4n) is 1.61. The lowest BCUT2D eigenvalue weighted by Crippen LogP contribution is -2.41. The average molecular weight is 237 g/mol. The molecular formula is C14H20FNO. The molecule has 0 saturated heterocycles. The highest BCUT2D eigenvalue weighted by Crippen LogP contribution is 2.27. The van der Waals surface area contributed by atoms with Crippen LogP contribution >= 0.6 is 0 Å². The van der Waals surface area contributed by atoms with Crippen LogP contribution in [0.1, 0.15) is 50.5 Å². The van der Waals surface area contributed by atoms with Gasteiger partial charge in [-0.25, -0.2) is 4.39 Å². The summed E-state index contributed by atoms with van der Waals surface area (Å²) in [4.78, 5) is 12.1. The zero-order valence-electron chi connectivity index (χ0n) is 11.1. The first-order valence-electron chi connectivity index (χ1n) is 5.72. The first-order valence-corrected chi connectivity index (χ1v) is 5.72. The van der Waals surface area contributed by atoms with E-state index in [1.165, 1.54) is 13.8 Å². The molecule has 1 amide bonds. The molecule has 0 aliphatic carbocycles. The third kappa shape index (κ3) is 3.84. The summed E-state index contributed by atoms with van der Waals surface area (Å²) in [6.07, 6.45) is 0. The Kier molecular flexibility index (Phi) is 3.60. The standard InChI is InChI=1S/C14H20FNO/c1-13(2,3)16-12(17)10-8-6-7-9-11(10)14(4,5)15/h6-9H,1-5H3,(H,16,17). The van der Waals surface area contributed by atoms with Gasteiger partial charge in [0.15, 0.2) is 0 Å². The van der Waals surface area contributed by atoms with E-state index in [4.69, 9.17) is 0 Å². The van der Waals surface area contributed by atoms with Crippen molar-refractivity contribution in [3.63, 3.8) is 0 Å². The first-order chi connectivity index (χ1) is 7.61. The van der Waals surface area contributed by atoms with Crippen LogP contribution in [0.2, 0.25) is 0 Å². The summed E-state index contributed by atoms with van der Waals surface area (Å²) in [5.74, 6) is -0.237. The normalized spacial score (nSPS) is 12.4. The Morgan fingerprint density at radius 1 is 1.12 bits per heavy atom. The molecule has 0 unspecified atom stereocenters. The molecule has 0 atom stereocenters. The van der Waals surface area contributed by atoms with Crippen LogP contribution in [-0.4, -0.2) is 11.4 Å². The lowest BCUT2D eigenvalue weighted by molar-refractivity contribution is 0.0912. The molecular weight excluding hydrogens is 217 g/mol. The van der Waals surface area contributed by atoms with Crippen LogP contribution in [0.3, 0.4) is 0 Å². The third-order valence-corrected chi connectivity index (χ3v) is 2.30. The van der Waals surface area contributed by atoms with Crippen molar-refractivity contribution in [1.82, 2.24) is 5.32 Å². The predicted molar refractivity (Wildman–Crippen MR) is 67.8 cm³/mol. The molecule has 3 heteroatoms. The Labute approximate surface area is 102 Å². The van der Waals surface area contributed by atoms with Crippen molar-refractivity contribution in [1.29, 1.82) is 0 Å². The van der Waals surface area contributed by atoms with Crippen LogP contribution in [0.4, 0.5) is 4.39 Å². The smallest absolute Gasteiger partial charge is 0.252 e. The summed E-state index contributed by atoms with van der Waals surface area (Å²) in [5, 5.41) is 2.84. The van der Waals surface area contributed by atoms with Crippen molar-refractivity contribution in [2.45, 2.75) is 45.8 Å². The quantitative estimate of drug-likeness (QED) is 0.839. The Bertz CT molecular complexity index is 413. The maximum atomic E-state index is 14.0. The van der Waals surface area contributed by atoms with Gasteiger partial charge >= 0.3 is 0 Å². The van der Waals surface area contributed by atoms with Gasteiger partial charge in [-0.1, -0.05) is 18.2 Å². The zero-order chi connectivity index (χ0) is 13.3. The van der Waals surface area contributed by atoms with Gasteiger partial charge < -0.3 is 5.32 Å². The molecule has 0 aliphatic heterocycles. The van der Waals surface area contributed by atoms with Crippen molar-refractivity contribution >= 4 is 5.91 Å². The predicted octanol–water partition coefficient (Wildman–Crippen LogP) is 3.42. The van der Waals surface area contributed by atoms with Crippen molar-refractivity contribution < 1.29 is 9.18 Å². The van der Waals surface area contributed by atoms with Gasteiger partial charge in [0.05, 0.1) is 0 Å². The molecule has 2 nitrogen and oxygen atoms in total. The van der Waals surface area contributed by atoms with Crippen LogP contribution in [0, 0.1) is 0 Å². The van der Waals surface area contributed by atoms with E-state index in [0.29, 0.717) is 11.1 Å². The van der Waals surface area contributed by atoms with Gasteiger partial charge in [-0.2, -0.15) is 0 Å². The van der Waals surface area contributed by atoms with E-state index in [1.54, 1.807) is 24.3 Å². The van der Waals surface area contributed by atoms with Gasteiger partial charge in [0.25, 0.3) is 5.91 Å². The van der Waals surface area contributed by atoms with Gasteiger partial charge in [-0.05, 0) is 40.7 Å². The Hall–Kier alpha value is -1.38. The number of rotatable bonds is 2. The maximum Gasteiger partial charge on any atom is 0.252 e. The molecule has 0 saturated carbocycles. The molecule has 1 N–H and O–H groups in total. The second kappa shape index (κ2) is 4.47. The highest BCUT2D eigenvalue weighted by Gasteiger charge is 2.26. The summed E-state index contributed by atoms with van der Waals surface area (Å²) in [7, 11) is 0. The highest BCUT2D eigenvalue weighted by molar-refractivity contribution is 5.96. The van der Waals surface area contributed by atoms with Gasteiger partial charge in [-0.3, -0.25) is 4.79 Å². The van der Waals surface area contributed by atoms with E-state index < -0.39 is 5.67 Å². The highest BCUT2D eigenvalue weighted by atomic mass is 19.1. The van der Waals surface area contributed by atoms with E-state index in [9.17, 15) is 9.18 Å². The topological polar surface area (TPSA) is 29.1 Å². The average Bonchev–Trinajstić information content (AvgIpc) is 2.13. The van der Waals surface area contributed by atoms with Gasteiger partial charge in [0.2, 0.25) is 0 Å².